The quantitative estimate of drug-likeness (QED) is 0.616. The first-order chi connectivity index (χ1) is 5.93. The summed E-state index contributed by atoms with van der Waals surface area (Å²) in [5.74, 6) is 0. The zero-order chi connectivity index (χ0) is 8.65. The third-order valence-electron chi connectivity index (χ3n) is 1.88. The van der Waals surface area contributed by atoms with Crippen LogP contribution in [-0.2, 0) is 0 Å². The van der Waals surface area contributed by atoms with Gasteiger partial charge in [0.05, 0.1) is 0 Å². The molecular weight excluding hydrogens is 148 g/mol. The molecule has 0 fully saturated rings. The van der Waals surface area contributed by atoms with Crippen molar-refractivity contribution in [3.05, 3.63) is 23.9 Å². The molecule has 2 N–H and O–H groups in total. The van der Waals surface area contributed by atoms with Crippen LogP contribution in [0.1, 0.15) is 22.6 Å². The number of rotatable bonds is 5. The highest BCUT2D eigenvalue weighted by Gasteiger charge is 1.94. The molecular formula is C10H22N2. The van der Waals surface area contributed by atoms with E-state index in [4.69, 9.17) is 0 Å². The molecule has 0 bridgehead atoms. The molecule has 0 amide bonds. The number of nitrogens with one attached hydrogen (secondary N) is 2. The van der Waals surface area contributed by atoms with Crippen LogP contribution in [-0.4, -0.2) is 19.6 Å². The first-order valence-electron chi connectivity index (χ1n) is 4.74. The van der Waals surface area contributed by atoms with E-state index >= 15 is 0 Å². The Balaban J connectivity index is 0. The van der Waals surface area contributed by atoms with E-state index in [-0.39, 0.29) is 2.85 Å². The van der Waals surface area contributed by atoms with Crippen LogP contribution in [0, 0.1) is 0 Å². The summed E-state index contributed by atoms with van der Waals surface area (Å²) in [5.41, 5.74) is 1.28. The van der Waals surface area contributed by atoms with E-state index in [9.17, 15) is 0 Å². The summed E-state index contributed by atoms with van der Waals surface area (Å²) in [6, 6.07) is 0. The van der Waals surface area contributed by atoms with E-state index in [0.29, 0.717) is 0 Å². The van der Waals surface area contributed by atoms with Crippen LogP contribution in [0.15, 0.2) is 23.9 Å². The maximum Gasteiger partial charge on any atom is 0.0296 e. The number of allylic oxidation sites excluding steroid dienone is 3. The van der Waals surface area contributed by atoms with E-state index in [1.54, 1.807) is 0 Å². The smallest absolute Gasteiger partial charge is 0.0296 e. The summed E-state index contributed by atoms with van der Waals surface area (Å²) in [6.07, 6.45) is 9.01. The molecule has 0 radical (unpaired) electrons. The first-order valence-corrected chi connectivity index (χ1v) is 4.74. The lowest BCUT2D eigenvalue weighted by molar-refractivity contribution is 0.675. The Hall–Kier alpha value is -0.760. The van der Waals surface area contributed by atoms with Crippen LogP contribution in [0.5, 0.6) is 0 Å². The third-order valence-corrected chi connectivity index (χ3v) is 1.88. The summed E-state index contributed by atoms with van der Waals surface area (Å²) < 4.78 is 0. The zero-order valence-corrected chi connectivity index (χ0v) is 7.77. The van der Waals surface area contributed by atoms with Gasteiger partial charge in [0.25, 0.3) is 0 Å². The summed E-state index contributed by atoms with van der Waals surface area (Å²) >= 11 is 0. The van der Waals surface area contributed by atoms with Gasteiger partial charge >= 0.3 is 0 Å². The van der Waals surface area contributed by atoms with Crippen molar-refractivity contribution in [3.63, 3.8) is 0 Å². The Morgan fingerprint density at radius 2 is 2.33 bits per heavy atom. The van der Waals surface area contributed by atoms with Crippen molar-refractivity contribution >= 4 is 0 Å². The van der Waals surface area contributed by atoms with Crippen LogP contribution in [0.2, 0.25) is 0 Å². The van der Waals surface area contributed by atoms with Gasteiger partial charge in [-0.15, -0.1) is 0 Å². The predicted molar refractivity (Wildman–Crippen MR) is 57.2 cm³/mol. The first kappa shape index (κ1) is 9.33. The molecule has 0 saturated carbocycles. The van der Waals surface area contributed by atoms with E-state index < -0.39 is 0 Å². The van der Waals surface area contributed by atoms with Crippen molar-refractivity contribution in [2.75, 3.05) is 19.6 Å². The molecule has 0 atom stereocenters. The van der Waals surface area contributed by atoms with E-state index in [1.165, 1.54) is 18.5 Å². The minimum atomic E-state index is 0. The van der Waals surface area contributed by atoms with Crippen molar-refractivity contribution in [2.24, 2.45) is 0 Å². The van der Waals surface area contributed by atoms with Crippen LogP contribution >= 0.6 is 0 Å². The molecule has 0 aromatic rings. The highest BCUT2D eigenvalue weighted by molar-refractivity contribution is 5.20. The molecule has 12 heavy (non-hydrogen) atoms. The Bertz CT molecular complexity index is 179. The standard InChI is InChI=1S/C10H18N2.2H2/c1-2-11-8-9-12-10-6-4-3-5-7-10;;/h4,6-7,11-12H,2-3,5,8-9H2,1H3;2*1H. The minimum absolute atomic E-state index is 0. The van der Waals surface area contributed by atoms with Crippen molar-refractivity contribution < 1.29 is 2.85 Å². The lowest BCUT2D eigenvalue weighted by atomic mass is 10.1. The predicted octanol–water partition coefficient (Wildman–Crippen LogP) is 1.91. The molecule has 0 aromatic heterocycles. The largest absolute Gasteiger partial charge is 0.384 e. The monoisotopic (exact) mass is 170 g/mol. The normalized spacial score (nSPS) is 15.9. The minimum Gasteiger partial charge on any atom is -0.384 e. The summed E-state index contributed by atoms with van der Waals surface area (Å²) in [4.78, 5) is 0. The molecule has 0 saturated heterocycles. The van der Waals surface area contributed by atoms with Gasteiger partial charge in [0.15, 0.2) is 0 Å². The molecule has 1 aliphatic carbocycles. The molecule has 0 spiro atoms. The van der Waals surface area contributed by atoms with Crippen molar-refractivity contribution in [3.8, 4) is 0 Å². The summed E-state index contributed by atoms with van der Waals surface area (Å²) in [5, 5.41) is 6.64. The Morgan fingerprint density at radius 1 is 1.42 bits per heavy atom. The molecule has 0 aromatic carbocycles. The van der Waals surface area contributed by atoms with Crippen LogP contribution < -0.4 is 10.6 Å². The summed E-state index contributed by atoms with van der Waals surface area (Å²) in [7, 11) is 0. The lowest BCUT2D eigenvalue weighted by Crippen LogP contribution is -2.26. The Kier molecular flexibility index (Phi) is 4.54. The van der Waals surface area contributed by atoms with Gasteiger partial charge in [-0.1, -0.05) is 19.1 Å². The molecule has 2 heteroatoms. The fraction of sp³-hybridized carbons (Fsp3) is 0.600. The van der Waals surface area contributed by atoms with Gasteiger partial charge in [-0.3, -0.25) is 0 Å². The maximum absolute atomic E-state index is 3.37. The Labute approximate surface area is 77.7 Å². The van der Waals surface area contributed by atoms with E-state index in [0.717, 1.165) is 19.6 Å². The fourth-order valence-electron chi connectivity index (χ4n) is 1.22. The van der Waals surface area contributed by atoms with Gasteiger partial charge in [0, 0.05) is 21.6 Å². The summed E-state index contributed by atoms with van der Waals surface area (Å²) in [6.45, 7) is 5.24. The van der Waals surface area contributed by atoms with Crippen molar-refractivity contribution in [2.45, 2.75) is 19.8 Å². The van der Waals surface area contributed by atoms with Gasteiger partial charge in [-0.05, 0) is 25.5 Å². The highest BCUT2D eigenvalue weighted by atomic mass is 14.9. The number of hydrogen-bond donors (Lipinski definition) is 2. The molecule has 1 rings (SSSR count). The third kappa shape index (κ3) is 3.58. The molecule has 72 valence electrons. The SMILES string of the molecule is CCNCCNC1=CCCC=C1.[HH].[HH]. The second-order valence-corrected chi connectivity index (χ2v) is 2.92. The molecule has 0 unspecified atom stereocenters. The maximum atomic E-state index is 3.37. The molecule has 0 aliphatic heterocycles. The van der Waals surface area contributed by atoms with Crippen LogP contribution in [0.4, 0.5) is 0 Å². The van der Waals surface area contributed by atoms with Crippen LogP contribution in [0.3, 0.4) is 0 Å². The molecule has 2 nitrogen and oxygen atoms in total. The fourth-order valence-corrected chi connectivity index (χ4v) is 1.22. The van der Waals surface area contributed by atoms with Crippen molar-refractivity contribution in [1.29, 1.82) is 0 Å². The van der Waals surface area contributed by atoms with E-state index in [1.807, 2.05) is 0 Å². The Morgan fingerprint density at radius 3 is 3.00 bits per heavy atom. The number of likely N-dealkylation sites (N-methyl/N-ethyl adjacent to an activating group) is 1. The second-order valence-electron chi connectivity index (χ2n) is 2.92. The van der Waals surface area contributed by atoms with Gasteiger partial charge in [0.2, 0.25) is 0 Å². The highest BCUT2D eigenvalue weighted by Crippen LogP contribution is 2.05. The van der Waals surface area contributed by atoms with Crippen LogP contribution in [0.25, 0.3) is 0 Å². The average molecular weight is 170 g/mol. The van der Waals surface area contributed by atoms with Gasteiger partial charge in [0.1, 0.15) is 0 Å². The zero-order valence-electron chi connectivity index (χ0n) is 7.77. The van der Waals surface area contributed by atoms with Crippen molar-refractivity contribution in [1.82, 2.24) is 10.6 Å². The lowest BCUT2D eigenvalue weighted by Gasteiger charge is -2.09. The topological polar surface area (TPSA) is 24.1 Å². The molecule has 1 aliphatic rings. The average Bonchev–Trinajstić information content (AvgIpc) is 2.14. The molecule has 0 heterocycles. The van der Waals surface area contributed by atoms with E-state index in [2.05, 4.69) is 35.8 Å². The van der Waals surface area contributed by atoms with Gasteiger partial charge in [-0.2, -0.15) is 0 Å². The number of hydrogen-bond acceptors (Lipinski definition) is 2. The second kappa shape index (κ2) is 5.84. The van der Waals surface area contributed by atoms with Gasteiger partial charge in [-0.25, -0.2) is 0 Å². The van der Waals surface area contributed by atoms with Gasteiger partial charge < -0.3 is 10.6 Å².